The van der Waals surface area contributed by atoms with E-state index >= 15 is 0 Å². The molecule has 110 valence electrons. The van der Waals surface area contributed by atoms with Gasteiger partial charge in [0.2, 0.25) is 0 Å². The summed E-state index contributed by atoms with van der Waals surface area (Å²) in [6, 6.07) is 5.42. The SMILES string of the molecule is CCC(CCO)NC(=O)C(=O)Nc1cc(C)cc(C)c1. The maximum absolute atomic E-state index is 11.8. The smallest absolute Gasteiger partial charge is 0.313 e. The first-order valence-electron chi connectivity index (χ1n) is 6.77. The van der Waals surface area contributed by atoms with E-state index in [4.69, 9.17) is 5.11 Å². The highest BCUT2D eigenvalue weighted by Gasteiger charge is 2.17. The Morgan fingerprint density at radius 1 is 1.15 bits per heavy atom. The molecule has 3 N–H and O–H groups in total. The molecule has 0 heterocycles. The minimum atomic E-state index is -0.689. The van der Waals surface area contributed by atoms with E-state index in [1.54, 1.807) is 0 Å². The largest absolute Gasteiger partial charge is 0.396 e. The quantitative estimate of drug-likeness (QED) is 0.715. The minimum Gasteiger partial charge on any atom is -0.396 e. The number of benzene rings is 1. The van der Waals surface area contributed by atoms with Crippen LogP contribution in [0.2, 0.25) is 0 Å². The molecule has 20 heavy (non-hydrogen) atoms. The molecule has 2 amide bonds. The molecule has 5 heteroatoms. The molecule has 0 saturated heterocycles. The van der Waals surface area contributed by atoms with Gasteiger partial charge < -0.3 is 15.7 Å². The summed E-state index contributed by atoms with van der Waals surface area (Å²) in [6.07, 6.45) is 1.11. The third-order valence-electron chi connectivity index (χ3n) is 2.99. The second-order valence-electron chi connectivity index (χ2n) is 4.92. The van der Waals surface area contributed by atoms with Gasteiger partial charge in [-0.05, 0) is 49.9 Å². The number of amides is 2. The van der Waals surface area contributed by atoms with Gasteiger partial charge in [0.25, 0.3) is 0 Å². The molecule has 0 saturated carbocycles. The normalized spacial score (nSPS) is 11.8. The van der Waals surface area contributed by atoms with Crippen LogP contribution in [-0.4, -0.2) is 29.6 Å². The summed E-state index contributed by atoms with van der Waals surface area (Å²) >= 11 is 0. The zero-order chi connectivity index (χ0) is 15.1. The Bertz CT molecular complexity index is 466. The van der Waals surface area contributed by atoms with Crippen LogP contribution >= 0.6 is 0 Å². The van der Waals surface area contributed by atoms with Crippen molar-refractivity contribution in [3.05, 3.63) is 29.3 Å². The highest BCUT2D eigenvalue weighted by atomic mass is 16.3. The number of carbonyl (C=O) groups is 2. The highest BCUT2D eigenvalue weighted by Crippen LogP contribution is 2.13. The van der Waals surface area contributed by atoms with Gasteiger partial charge in [0.15, 0.2) is 0 Å². The fourth-order valence-corrected chi connectivity index (χ4v) is 2.02. The molecule has 5 nitrogen and oxygen atoms in total. The number of anilines is 1. The number of rotatable bonds is 5. The van der Waals surface area contributed by atoms with Crippen molar-refractivity contribution in [3.8, 4) is 0 Å². The van der Waals surface area contributed by atoms with Crippen molar-refractivity contribution in [3.63, 3.8) is 0 Å². The summed E-state index contributed by atoms with van der Waals surface area (Å²) in [5.74, 6) is -1.36. The molecule has 0 aliphatic rings. The molecule has 1 unspecified atom stereocenters. The first-order valence-corrected chi connectivity index (χ1v) is 6.77. The van der Waals surface area contributed by atoms with Gasteiger partial charge in [-0.1, -0.05) is 13.0 Å². The van der Waals surface area contributed by atoms with Crippen LogP contribution in [0.3, 0.4) is 0 Å². The average molecular weight is 278 g/mol. The van der Waals surface area contributed by atoms with Crippen LogP contribution in [0, 0.1) is 13.8 Å². The Balaban J connectivity index is 2.63. The van der Waals surface area contributed by atoms with Gasteiger partial charge in [0.05, 0.1) is 0 Å². The van der Waals surface area contributed by atoms with Crippen molar-refractivity contribution >= 4 is 17.5 Å². The van der Waals surface area contributed by atoms with Crippen LogP contribution in [0.1, 0.15) is 30.9 Å². The van der Waals surface area contributed by atoms with E-state index in [9.17, 15) is 9.59 Å². The molecular formula is C15H22N2O3. The first kappa shape index (κ1) is 16.2. The maximum Gasteiger partial charge on any atom is 0.313 e. The van der Waals surface area contributed by atoms with E-state index in [0.717, 1.165) is 11.1 Å². The zero-order valence-corrected chi connectivity index (χ0v) is 12.2. The maximum atomic E-state index is 11.8. The third-order valence-corrected chi connectivity index (χ3v) is 2.99. The molecule has 0 bridgehead atoms. The van der Waals surface area contributed by atoms with Gasteiger partial charge in [-0.2, -0.15) is 0 Å². The lowest BCUT2D eigenvalue weighted by atomic mass is 10.1. The monoisotopic (exact) mass is 278 g/mol. The zero-order valence-electron chi connectivity index (χ0n) is 12.2. The van der Waals surface area contributed by atoms with Crippen LogP contribution in [0.5, 0.6) is 0 Å². The van der Waals surface area contributed by atoms with Crippen molar-refractivity contribution in [2.24, 2.45) is 0 Å². The summed E-state index contributed by atoms with van der Waals surface area (Å²) < 4.78 is 0. The standard InChI is InChI=1S/C15H22N2O3/c1-4-12(5-6-18)16-14(19)15(20)17-13-8-10(2)7-11(3)9-13/h7-9,12,18H,4-6H2,1-3H3,(H,16,19)(H,17,20). The first-order chi connectivity index (χ1) is 9.46. The van der Waals surface area contributed by atoms with Crippen molar-refractivity contribution in [1.29, 1.82) is 0 Å². The number of carbonyl (C=O) groups excluding carboxylic acids is 2. The number of aryl methyl sites for hydroxylation is 2. The topological polar surface area (TPSA) is 78.4 Å². The van der Waals surface area contributed by atoms with Gasteiger partial charge in [-0.3, -0.25) is 9.59 Å². The summed E-state index contributed by atoms with van der Waals surface area (Å²) in [5, 5.41) is 14.1. The van der Waals surface area contributed by atoms with Gasteiger partial charge in [-0.15, -0.1) is 0 Å². The van der Waals surface area contributed by atoms with Crippen LogP contribution < -0.4 is 10.6 Å². The second kappa shape index (κ2) is 7.65. The van der Waals surface area contributed by atoms with E-state index in [2.05, 4.69) is 10.6 Å². The van der Waals surface area contributed by atoms with E-state index < -0.39 is 11.8 Å². The fourth-order valence-electron chi connectivity index (χ4n) is 2.02. The van der Waals surface area contributed by atoms with Crippen LogP contribution in [-0.2, 0) is 9.59 Å². The molecule has 1 aromatic rings. The van der Waals surface area contributed by atoms with Crippen LogP contribution in [0.4, 0.5) is 5.69 Å². The second-order valence-corrected chi connectivity index (χ2v) is 4.92. The van der Waals surface area contributed by atoms with E-state index in [-0.39, 0.29) is 12.6 Å². The molecule has 1 rings (SSSR count). The molecule has 1 atom stereocenters. The third kappa shape index (κ3) is 5.01. The Kier molecular flexibility index (Phi) is 6.18. The Morgan fingerprint density at radius 2 is 1.75 bits per heavy atom. The minimum absolute atomic E-state index is 0.0164. The van der Waals surface area contributed by atoms with Gasteiger partial charge in [-0.25, -0.2) is 0 Å². The molecule has 0 radical (unpaired) electrons. The summed E-state index contributed by atoms with van der Waals surface area (Å²) in [5.41, 5.74) is 2.65. The van der Waals surface area contributed by atoms with Gasteiger partial charge in [0, 0.05) is 18.3 Å². The Morgan fingerprint density at radius 3 is 2.25 bits per heavy atom. The molecule has 0 aromatic heterocycles. The molecule has 1 aromatic carbocycles. The average Bonchev–Trinajstić information content (AvgIpc) is 2.36. The number of aliphatic hydroxyl groups excluding tert-OH is 1. The lowest BCUT2D eigenvalue weighted by Gasteiger charge is -2.15. The summed E-state index contributed by atoms with van der Waals surface area (Å²) in [4.78, 5) is 23.6. The van der Waals surface area contributed by atoms with Crippen molar-refractivity contribution in [1.82, 2.24) is 5.32 Å². The summed E-state index contributed by atoms with van der Waals surface area (Å²) in [6.45, 7) is 5.73. The van der Waals surface area contributed by atoms with Crippen molar-refractivity contribution < 1.29 is 14.7 Å². The van der Waals surface area contributed by atoms with E-state index in [1.807, 2.05) is 39.0 Å². The molecular weight excluding hydrogens is 256 g/mol. The number of nitrogens with one attached hydrogen (secondary N) is 2. The van der Waals surface area contributed by atoms with Crippen molar-refractivity contribution in [2.45, 2.75) is 39.7 Å². The lowest BCUT2D eigenvalue weighted by Crippen LogP contribution is -2.42. The van der Waals surface area contributed by atoms with E-state index in [1.165, 1.54) is 0 Å². The van der Waals surface area contributed by atoms with Gasteiger partial charge in [0.1, 0.15) is 0 Å². The summed E-state index contributed by atoms with van der Waals surface area (Å²) in [7, 11) is 0. The Hall–Kier alpha value is -1.88. The molecule has 0 aliphatic heterocycles. The molecule has 0 aliphatic carbocycles. The fraction of sp³-hybridized carbons (Fsp3) is 0.467. The molecule has 0 spiro atoms. The van der Waals surface area contributed by atoms with E-state index in [0.29, 0.717) is 18.5 Å². The predicted octanol–water partition coefficient (Wildman–Crippen LogP) is 1.52. The van der Waals surface area contributed by atoms with Gasteiger partial charge >= 0.3 is 11.8 Å². The number of hydrogen-bond donors (Lipinski definition) is 3. The predicted molar refractivity (Wildman–Crippen MR) is 78.5 cm³/mol. The van der Waals surface area contributed by atoms with Crippen molar-refractivity contribution in [2.75, 3.05) is 11.9 Å². The molecule has 0 fully saturated rings. The van der Waals surface area contributed by atoms with Crippen LogP contribution in [0.15, 0.2) is 18.2 Å². The number of aliphatic hydroxyl groups is 1. The lowest BCUT2D eigenvalue weighted by molar-refractivity contribution is -0.136. The van der Waals surface area contributed by atoms with Crippen LogP contribution in [0.25, 0.3) is 0 Å². The Labute approximate surface area is 119 Å². The highest BCUT2D eigenvalue weighted by molar-refractivity contribution is 6.39. The number of hydrogen-bond acceptors (Lipinski definition) is 3.